The molecule has 0 rings (SSSR count). The number of hydrogen-bond donors (Lipinski definition) is 0. The smallest absolute Gasteiger partial charge is 0.306 e. The second-order valence-corrected chi connectivity index (χ2v) is 9.56. The Labute approximate surface area is 199 Å². The van der Waals surface area contributed by atoms with Crippen molar-refractivity contribution in [1.29, 1.82) is 0 Å². The normalized spacial score (nSPS) is 11.6. The summed E-state index contributed by atoms with van der Waals surface area (Å²) in [5.74, 6) is -1.30. The van der Waals surface area contributed by atoms with Gasteiger partial charge < -0.3 is 18.9 Å². The second-order valence-electron chi connectivity index (χ2n) is 9.56. The maximum absolute atomic E-state index is 12.0. The summed E-state index contributed by atoms with van der Waals surface area (Å²) in [5, 5.41) is 0. The molecule has 0 heterocycles. The lowest BCUT2D eigenvalue weighted by Gasteiger charge is -2.25. The molecule has 0 N–H and O–H groups in total. The highest BCUT2D eigenvalue weighted by Crippen LogP contribution is 2.15. The van der Waals surface area contributed by atoms with Crippen molar-refractivity contribution in [2.24, 2.45) is 0 Å². The van der Waals surface area contributed by atoms with Crippen LogP contribution >= 0.6 is 0 Å². The lowest BCUT2D eigenvalue weighted by Crippen LogP contribution is -2.34. The summed E-state index contributed by atoms with van der Waals surface area (Å²) in [5.41, 5.74) is -1.74. The molecule has 8 heteroatoms. The van der Waals surface area contributed by atoms with Gasteiger partial charge in [-0.3, -0.25) is 19.2 Å². The van der Waals surface area contributed by atoms with Crippen molar-refractivity contribution in [3.8, 4) is 0 Å². The zero-order valence-electron chi connectivity index (χ0n) is 21.5. The van der Waals surface area contributed by atoms with Crippen LogP contribution in [0.1, 0.15) is 112 Å². The van der Waals surface area contributed by atoms with E-state index in [4.69, 9.17) is 18.9 Å². The van der Waals surface area contributed by atoms with Crippen LogP contribution in [-0.2, 0) is 38.1 Å². The summed E-state index contributed by atoms with van der Waals surface area (Å²) in [7, 11) is 0. The van der Waals surface area contributed by atoms with E-state index in [-0.39, 0.29) is 49.9 Å². The molecular formula is C25H44O8. The average Bonchev–Trinajstić information content (AvgIpc) is 2.72. The Kier molecular flexibility index (Phi) is 15.4. The molecule has 0 fully saturated rings. The Balaban J connectivity index is 3.98. The Morgan fingerprint density at radius 1 is 0.515 bits per heavy atom. The van der Waals surface area contributed by atoms with Crippen LogP contribution in [0.4, 0.5) is 0 Å². The number of ether oxygens (including phenoxy) is 4. The van der Waals surface area contributed by atoms with Crippen LogP contribution in [0.3, 0.4) is 0 Å². The van der Waals surface area contributed by atoms with Crippen LogP contribution in [0.2, 0.25) is 0 Å². The lowest BCUT2D eigenvalue weighted by atomic mass is 10.1. The number of esters is 4. The van der Waals surface area contributed by atoms with Gasteiger partial charge >= 0.3 is 23.9 Å². The SMILES string of the molecule is CCCCC(=O)OCC(C)(C)OC(=O)CCCCCC(=O)OCC(C)(C)OC(=O)CCCC. The Morgan fingerprint density at radius 2 is 0.848 bits per heavy atom. The predicted molar refractivity (Wildman–Crippen MR) is 124 cm³/mol. The van der Waals surface area contributed by atoms with E-state index < -0.39 is 11.2 Å². The summed E-state index contributed by atoms with van der Waals surface area (Å²) in [6.07, 6.45) is 6.39. The first-order valence-electron chi connectivity index (χ1n) is 12.2. The number of carbonyl (C=O) groups is 4. The summed E-state index contributed by atoms with van der Waals surface area (Å²) in [6.45, 7) is 10.9. The van der Waals surface area contributed by atoms with Crippen molar-refractivity contribution >= 4 is 23.9 Å². The zero-order valence-corrected chi connectivity index (χ0v) is 21.5. The van der Waals surface area contributed by atoms with E-state index in [9.17, 15) is 19.2 Å². The monoisotopic (exact) mass is 472 g/mol. The van der Waals surface area contributed by atoms with Gasteiger partial charge in [0.2, 0.25) is 0 Å². The topological polar surface area (TPSA) is 105 Å². The van der Waals surface area contributed by atoms with E-state index >= 15 is 0 Å². The van der Waals surface area contributed by atoms with E-state index in [2.05, 4.69) is 0 Å². The third-order valence-electron chi connectivity index (χ3n) is 4.67. The Morgan fingerprint density at radius 3 is 1.24 bits per heavy atom. The maximum atomic E-state index is 12.0. The highest BCUT2D eigenvalue weighted by Gasteiger charge is 2.26. The van der Waals surface area contributed by atoms with E-state index in [1.807, 2.05) is 13.8 Å². The molecular weight excluding hydrogens is 428 g/mol. The van der Waals surface area contributed by atoms with Crippen LogP contribution in [0, 0.1) is 0 Å². The molecule has 8 nitrogen and oxygen atoms in total. The molecule has 0 saturated carbocycles. The number of hydrogen-bond acceptors (Lipinski definition) is 8. The van der Waals surface area contributed by atoms with Gasteiger partial charge in [0, 0.05) is 25.7 Å². The molecule has 0 saturated heterocycles. The fraction of sp³-hybridized carbons (Fsp3) is 0.840. The molecule has 0 aromatic rings. The molecule has 0 aromatic carbocycles. The Bertz CT molecular complexity index is 610. The minimum atomic E-state index is -0.879. The third-order valence-corrected chi connectivity index (χ3v) is 4.67. The van der Waals surface area contributed by atoms with E-state index in [0.717, 1.165) is 25.7 Å². The number of carbonyl (C=O) groups excluding carboxylic acids is 4. The standard InChI is InChI=1S/C25H44O8/c1-7-9-14-20(26)30-18-25(5,6)33-23(29)17-13-11-12-16-21(27)31-19-24(3,4)32-22(28)15-10-8-2/h7-19H2,1-6H3. The molecule has 0 atom stereocenters. The number of rotatable bonds is 18. The van der Waals surface area contributed by atoms with Gasteiger partial charge in [0.15, 0.2) is 0 Å². The van der Waals surface area contributed by atoms with Crippen molar-refractivity contribution < 1.29 is 38.1 Å². The molecule has 0 aliphatic rings. The minimum absolute atomic E-state index is 0.00806. The molecule has 0 spiro atoms. The largest absolute Gasteiger partial charge is 0.461 e. The molecule has 0 bridgehead atoms. The maximum Gasteiger partial charge on any atom is 0.306 e. The van der Waals surface area contributed by atoms with Crippen molar-refractivity contribution in [3.63, 3.8) is 0 Å². The van der Waals surface area contributed by atoms with Gasteiger partial charge in [-0.15, -0.1) is 0 Å². The molecule has 0 amide bonds. The molecule has 192 valence electrons. The molecule has 0 aromatic heterocycles. The van der Waals surface area contributed by atoms with Crippen LogP contribution in [0.5, 0.6) is 0 Å². The fourth-order valence-corrected chi connectivity index (χ4v) is 2.79. The van der Waals surface area contributed by atoms with Crippen molar-refractivity contribution in [2.45, 2.75) is 123 Å². The minimum Gasteiger partial charge on any atom is -0.461 e. The van der Waals surface area contributed by atoms with Crippen LogP contribution in [0.25, 0.3) is 0 Å². The molecule has 0 radical (unpaired) electrons. The first kappa shape index (κ1) is 30.9. The van der Waals surface area contributed by atoms with Crippen molar-refractivity contribution in [2.75, 3.05) is 13.2 Å². The van der Waals surface area contributed by atoms with Gasteiger partial charge in [0.05, 0.1) is 0 Å². The lowest BCUT2D eigenvalue weighted by molar-refractivity contribution is -0.169. The summed E-state index contributed by atoms with van der Waals surface area (Å²) >= 11 is 0. The molecule has 33 heavy (non-hydrogen) atoms. The quantitative estimate of drug-likeness (QED) is 0.155. The summed E-state index contributed by atoms with van der Waals surface area (Å²) in [6, 6.07) is 0. The first-order valence-corrected chi connectivity index (χ1v) is 12.2. The Hall–Kier alpha value is -2.12. The highest BCUT2D eigenvalue weighted by molar-refractivity contribution is 5.71. The first-order chi connectivity index (χ1) is 15.4. The molecule has 0 aliphatic carbocycles. The van der Waals surface area contributed by atoms with E-state index in [1.165, 1.54) is 0 Å². The molecule has 0 unspecified atom stereocenters. The number of unbranched alkanes of at least 4 members (excludes halogenated alkanes) is 4. The van der Waals surface area contributed by atoms with Crippen LogP contribution in [0.15, 0.2) is 0 Å². The third kappa shape index (κ3) is 18.0. The van der Waals surface area contributed by atoms with Crippen LogP contribution in [-0.4, -0.2) is 48.3 Å². The molecule has 0 aliphatic heterocycles. The van der Waals surface area contributed by atoms with Gasteiger partial charge in [-0.2, -0.15) is 0 Å². The van der Waals surface area contributed by atoms with E-state index in [1.54, 1.807) is 27.7 Å². The van der Waals surface area contributed by atoms with Gasteiger partial charge in [0.25, 0.3) is 0 Å². The van der Waals surface area contributed by atoms with Crippen molar-refractivity contribution in [3.05, 3.63) is 0 Å². The highest BCUT2D eigenvalue weighted by atomic mass is 16.6. The van der Waals surface area contributed by atoms with Gasteiger partial charge in [-0.25, -0.2) is 0 Å². The zero-order chi connectivity index (χ0) is 25.3. The van der Waals surface area contributed by atoms with Gasteiger partial charge in [-0.1, -0.05) is 33.1 Å². The van der Waals surface area contributed by atoms with Gasteiger partial charge in [-0.05, 0) is 53.4 Å². The van der Waals surface area contributed by atoms with Crippen LogP contribution < -0.4 is 0 Å². The second kappa shape index (κ2) is 16.5. The average molecular weight is 473 g/mol. The van der Waals surface area contributed by atoms with Crippen molar-refractivity contribution in [1.82, 2.24) is 0 Å². The fourth-order valence-electron chi connectivity index (χ4n) is 2.79. The summed E-state index contributed by atoms with van der Waals surface area (Å²) < 4.78 is 21.2. The predicted octanol–water partition coefficient (Wildman–Crippen LogP) is 5.05. The summed E-state index contributed by atoms with van der Waals surface area (Å²) in [4.78, 5) is 47.3. The van der Waals surface area contributed by atoms with E-state index in [0.29, 0.717) is 32.1 Å². The van der Waals surface area contributed by atoms with Gasteiger partial charge in [0.1, 0.15) is 24.4 Å².